The van der Waals surface area contributed by atoms with Crippen molar-refractivity contribution in [3.05, 3.63) is 65.2 Å². The van der Waals surface area contributed by atoms with E-state index in [0.29, 0.717) is 43.9 Å². The van der Waals surface area contributed by atoms with Crippen LogP contribution in [0, 0.1) is 19.3 Å². The SMILES string of the molecule is Cc1cccc(C)c1-c1cc2nc(n1)NS(=O)(=O)c1cccc(c1)C(=O)NCC1(CCN(C(=O)C3CSCCN3C(=O)OC(C)(C)C)CC1)CO2. The number of thioether (sulfide) groups is 1. The van der Waals surface area contributed by atoms with Crippen molar-refractivity contribution >= 4 is 45.6 Å². The number of ether oxygens (including phenoxy) is 2. The summed E-state index contributed by atoms with van der Waals surface area (Å²) >= 11 is 1.64. The molecule has 1 spiro atoms. The van der Waals surface area contributed by atoms with E-state index in [4.69, 9.17) is 9.47 Å². The van der Waals surface area contributed by atoms with Crippen molar-refractivity contribution in [1.29, 1.82) is 0 Å². The zero-order valence-electron chi connectivity index (χ0n) is 29.5. The van der Waals surface area contributed by atoms with E-state index in [-0.39, 0.29) is 41.3 Å². The van der Waals surface area contributed by atoms with Crippen LogP contribution in [0.2, 0.25) is 0 Å². The maximum atomic E-state index is 13.9. The van der Waals surface area contributed by atoms with Crippen LogP contribution < -0.4 is 14.8 Å². The van der Waals surface area contributed by atoms with Crippen LogP contribution in [-0.2, 0) is 19.6 Å². The lowest BCUT2D eigenvalue weighted by molar-refractivity contribution is -0.139. The summed E-state index contributed by atoms with van der Waals surface area (Å²) in [5, 5.41) is 3.00. The number of aromatic nitrogens is 2. The summed E-state index contributed by atoms with van der Waals surface area (Å²) in [6.45, 7) is 10.9. The topological polar surface area (TPSA) is 160 Å². The van der Waals surface area contributed by atoms with Gasteiger partial charge in [0.15, 0.2) is 0 Å². The third kappa shape index (κ3) is 8.25. The zero-order chi connectivity index (χ0) is 36.6. The molecule has 3 aliphatic rings. The number of amides is 3. The standard InChI is InChI=1S/C36H44N6O7S2/c1-23-8-6-9-24(2)30(23)27-19-29-39-33(38-27)40-51(46,47)26-11-7-10-25(18-26)31(43)37-21-36(22-48-29)12-14-41(15-13-36)32(44)28-20-50-17-16-42(28)34(45)49-35(3,4)5/h6-11,18-19,28H,12-17,20-22H2,1-5H3,(H,37,43)(H,38,39,40). The van der Waals surface area contributed by atoms with Gasteiger partial charge in [0, 0.05) is 60.3 Å². The molecule has 2 saturated heterocycles. The summed E-state index contributed by atoms with van der Waals surface area (Å²) in [6, 6.07) is 12.7. The largest absolute Gasteiger partial charge is 0.477 e. The number of benzene rings is 2. The first-order chi connectivity index (χ1) is 24.1. The number of sulfonamides is 1. The second-order valence-electron chi connectivity index (χ2n) is 14.4. The first kappa shape index (κ1) is 36.4. The minimum Gasteiger partial charge on any atom is -0.477 e. The van der Waals surface area contributed by atoms with Crippen LogP contribution in [0.15, 0.2) is 53.4 Å². The van der Waals surface area contributed by atoms with Gasteiger partial charge in [0.1, 0.15) is 11.6 Å². The Morgan fingerprint density at radius 2 is 1.73 bits per heavy atom. The monoisotopic (exact) mass is 736 g/mol. The quantitative estimate of drug-likeness (QED) is 0.380. The van der Waals surface area contributed by atoms with Gasteiger partial charge in [-0.25, -0.2) is 22.9 Å². The Balaban J connectivity index is 1.29. The first-order valence-electron chi connectivity index (χ1n) is 17.0. The van der Waals surface area contributed by atoms with Crippen LogP contribution in [0.1, 0.15) is 55.1 Å². The number of hydrogen-bond donors (Lipinski definition) is 2. The molecular formula is C36H44N6O7S2. The van der Waals surface area contributed by atoms with E-state index < -0.39 is 39.1 Å². The fourth-order valence-electron chi connectivity index (χ4n) is 6.60. The van der Waals surface area contributed by atoms with Gasteiger partial charge < -0.3 is 19.7 Å². The highest BCUT2D eigenvalue weighted by Crippen LogP contribution is 2.35. The molecule has 4 heterocycles. The highest BCUT2D eigenvalue weighted by atomic mass is 32.2. The molecule has 13 nitrogen and oxygen atoms in total. The average Bonchev–Trinajstić information content (AvgIpc) is 3.08. The molecule has 2 fully saturated rings. The minimum atomic E-state index is -4.16. The molecule has 3 amide bonds. The molecule has 1 atom stereocenters. The molecule has 1 unspecified atom stereocenters. The van der Waals surface area contributed by atoms with Crippen molar-refractivity contribution in [1.82, 2.24) is 25.1 Å². The molecule has 1 aromatic heterocycles. The van der Waals surface area contributed by atoms with Gasteiger partial charge in [0.05, 0.1) is 17.2 Å². The number of nitrogens with one attached hydrogen (secondary N) is 2. The summed E-state index contributed by atoms with van der Waals surface area (Å²) in [5.41, 5.74) is 2.14. The molecule has 6 rings (SSSR count). The number of carbonyl (C=O) groups is 3. The van der Waals surface area contributed by atoms with Crippen molar-refractivity contribution in [2.45, 2.75) is 64.0 Å². The number of anilines is 1. The Morgan fingerprint density at radius 3 is 2.43 bits per heavy atom. The number of nitrogens with zero attached hydrogens (tertiary/aromatic N) is 4. The van der Waals surface area contributed by atoms with Crippen LogP contribution in [0.25, 0.3) is 11.3 Å². The third-order valence-corrected chi connectivity index (χ3v) is 11.7. The van der Waals surface area contributed by atoms with E-state index in [1.807, 2.05) is 32.0 Å². The Kier molecular flexibility index (Phi) is 10.2. The molecule has 51 heavy (non-hydrogen) atoms. The third-order valence-electron chi connectivity index (χ3n) is 9.40. The number of aryl methyl sites for hydroxylation is 2. The first-order valence-corrected chi connectivity index (χ1v) is 19.6. The van der Waals surface area contributed by atoms with Gasteiger partial charge in [-0.1, -0.05) is 24.3 Å². The summed E-state index contributed by atoms with van der Waals surface area (Å²) in [5.74, 6) is 0.663. The number of likely N-dealkylation sites (tertiary alicyclic amines) is 1. The molecule has 15 heteroatoms. The Bertz CT molecular complexity index is 1920. The molecule has 0 saturated carbocycles. The average molecular weight is 737 g/mol. The number of carbonyl (C=O) groups excluding carboxylic acids is 3. The molecule has 3 aromatic rings. The Hall–Kier alpha value is -4.37. The zero-order valence-corrected chi connectivity index (χ0v) is 31.2. The summed E-state index contributed by atoms with van der Waals surface area (Å²) in [7, 11) is -4.16. The van der Waals surface area contributed by atoms with Gasteiger partial charge in [-0.3, -0.25) is 14.5 Å². The van der Waals surface area contributed by atoms with E-state index in [2.05, 4.69) is 20.0 Å². The molecule has 0 aliphatic carbocycles. The lowest BCUT2D eigenvalue weighted by atomic mass is 9.78. The summed E-state index contributed by atoms with van der Waals surface area (Å²) in [6.07, 6.45) is 0.506. The predicted molar refractivity (Wildman–Crippen MR) is 194 cm³/mol. The van der Waals surface area contributed by atoms with Gasteiger partial charge in [-0.15, -0.1) is 0 Å². The lowest BCUT2D eigenvalue weighted by Gasteiger charge is -2.44. The van der Waals surface area contributed by atoms with Crippen molar-refractivity contribution in [3.63, 3.8) is 0 Å². The number of rotatable bonds is 2. The van der Waals surface area contributed by atoms with Crippen molar-refractivity contribution < 1.29 is 32.3 Å². The van der Waals surface area contributed by atoms with E-state index in [1.54, 1.807) is 54.5 Å². The summed E-state index contributed by atoms with van der Waals surface area (Å²) < 4.78 is 41.4. The number of piperidine rings is 1. The van der Waals surface area contributed by atoms with E-state index in [0.717, 1.165) is 22.4 Å². The smallest absolute Gasteiger partial charge is 0.411 e. The minimum absolute atomic E-state index is 0.112. The van der Waals surface area contributed by atoms with E-state index in [9.17, 15) is 22.8 Å². The fraction of sp³-hybridized carbons (Fsp3) is 0.472. The van der Waals surface area contributed by atoms with Crippen LogP contribution >= 0.6 is 11.8 Å². The molecule has 0 radical (unpaired) electrons. The van der Waals surface area contributed by atoms with Gasteiger partial charge in [0.25, 0.3) is 15.9 Å². The van der Waals surface area contributed by atoms with E-state index >= 15 is 0 Å². The fourth-order valence-corrected chi connectivity index (χ4v) is 8.63. The van der Waals surface area contributed by atoms with Crippen molar-refractivity contribution in [2.75, 3.05) is 49.0 Å². The lowest BCUT2D eigenvalue weighted by Crippen LogP contribution is -2.58. The summed E-state index contributed by atoms with van der Waals surface area (Å²) in [4.78, 5) is 52.6. The highest BCUT2D eigenvalue weighted by molar-refractivity contribution is 7.99. The Labute approximate surface area is 302 Å². The molecular weight excluding hydrogens is 693 g/mol. The van der Waals surface area contributed by atoms with Crippen LogP contribution in [-0.4, -0.2) is 102 Å². The van der Waals surface area contributed by atoms with Crippen molar-refractivity contribution in [3.8, 4) is 17.1 Å². The molecule has 3 aliphatic heterocycles. The molecule has 2 aromatic carbocycles. The Morgan fingerprint density at radius 1 is 1.02 bits per heavy atom. The molecule has 2 N–H and O–H groups in total. The van der Waals surface area contributed by atoms with Gasteiger partial charge in [-0.05, 0) is 76.8 Å². The normalized spacial score (nSPS) is 20.3. The van der Waals surface area contributed by atoms with E-state index in [1.165, 1.54) is 18.2 Å². The maximum absolute atomic E-state index is 13.9. The predicted octanol–water partition coefficient (Wildman–Crippen LogP) is 4.64. The van der Waals surface area contributed by atoms with Crippen LogP contribution in [0.4, 0.5) is 10.7 Å². The molecule has 4 bridgehead atoms. The van der Waals surface area contributed by atoms with Gasteiger partial charge in [-0.2, -0.15) is 16.7 Å². The van der Waals surface area contributed by atoms with Gasteiger partial charge >= 0.3 is 6.09 Å². The number of fused-ring (bicyclic) bond motifs is 4. The highest BCUT2D eigenvalue weighted by Gasteiger charge is 2.42. The van der Waals surface area contributed by atoms with Crippen molar-refractivity contribution in [2.24, 2.45) is 5.41 Å². The van der Waals surface area contributed by atoms with Crippen LogP contribution in [0.5, 0.6) is 5.88 Å². The number of hydrogen-bond acceptors (Lipinski definition) is 10. The second kappa shape index (κ2) is 14.3. The maximum Gasteiger partial charge on any atom is 0.411 e. The van der Waals surface area contributed by atoms with Gasteiger partial charge in [0.2, 0.25) is 17.7 Å². The molecule has 272 valence electrons. The second-order valence-corrected chi connectivity index (χ2v) is 17.2. The van der Waals surface area contributed by atoms with Crippen LogP contribution in [0.3, 0.4) is 0 Å².